The van der Waals surface area contributed by atoms with Gasteiger partial charge in [0.1, 0.15) is 10.8 Å². The Bertz CT molecular complexity index is 336. The number of anilines is 1. The molecule has 0 aromatic carbocycles. The summed E-state index contributed by atoms with van der Waals surface area (Å²) in [7, 11) is 1.75. The predicted octanol–water partition coefficient (Wildman–Crippen LogP) is 2.90. The van der Waals surface area contributed by atoms with Crippen molar-refractivity contribution < 1.29 is 5.11 Å². The molecule has 15 heavy (non-hydrogen) atoms. The van der Waals surface area contributed by atoms with E-state index < -0.39 is 0 Å². The summed E-state index contributed by atoms with van der Waals surface area (Å²) in [5.74, 6) is 1.40. The van der Waals surface area contributed by atoms with E-state index in [4.69, 9.17) is 28.3 Å². The average molecular weight is 267 g/mol. The molecule has 0 bridgehead atoms. The van der Waals surface area contributed by atoms with Crippen LogP contribution >= 0.6 is 35.0 Å². The number of aliphatic hydroxyl groups excluding tert-OH is 1. The maximum Gasteiger partial charge on any atom is 0.145 e. The van der Waals surface area contributed by atoms with Crippen molar-refractivity contribution in [2.45, 2.75) is 11.4 Å². The molecule has 0 atom stereocenters. The van der Waals surface area contributed by atoms with E-state index in [2.05, 4.69) is 10.3 Å². The molecule has 6 heteroatoms. The predicted molar refractivity (Wildman–Crippen MR) is 66.2 cm³/mol. The highest BCUT2D eigenvalue weighted by atomic mass is 35.5. The van der Waals surface area contributed by atoms with Crippen LogP contribution in [0.4, 0.5) is 5.82 Å². The number of nitrogens with one attached hydrogen (secondary N) is 1. The van der Waals surface area contributed by atoms with Crippen molar-refractivity contribution in [3.8, 4) is 0 Å². The minimum Gasteiger partial charge on any atom is -0.396 e. The zero-order chi connectivity index (χ0) is 11.3. The molecule has 1 rings (SSSR count). The lowest BCUT2D eigenvalue weighted by atomic mass is 10.4. The fourth-order valence-corrected chi connectivity index (χ4v) is 2.40. The number of hydrogen-bond acceptors (Lipinski definition) is 4. The first kappa shape index (κ1) is 12.9. The first-order valence-corrected chi connectivity index (χ1v) is 6.20. The lowest BCUT2D eigenvalue weighted by Crippen LogP contribution is -1.96. The maximum atomic E-state index is 8.66. The summed E-state index contributed by atoms with van der Waals surface area (Å²) in [4.78, 5) is 4.27. The second-order valence-electron chi connectivity index (χ2n) is 2.78. The van der Waals surface area contributed by atoms with E-state index in [0.29, 0.717) is 15.9 Å². The summed E-state index contributed by atoms with van der Waals surface area (Å²) in [5.41, 5.74) is 0. The van der Waals surface area contributed by atoms with Crippen LogP contribution in [0.1, 0.15) is 6.42 Å². The third-order valence-electron chi connectivity index (χ3n) is 1.68. The van der Waals surface area contributed by atoms with Crippen molar-refractivity contribution in [3.05, 3.63) is 16.1 Å². The van der Waals surface area contributed by atoms with Crippen molar-refractivity contribution in [1.82, 2.24) is 4.98 Å². The second-order valence-corrected chi connectivity index (χ2v) is 4.68. The number of rotatable bonds is 5. The number of halogens is 2. The molecule has 1 aromatic rings. The molecule has 3 nitrogen and oxygen atoms in total. The fraction of sp³-hybridized carbons (Fsp3) is 0.444. The first-order chi connectivity index (χ1) is 7.19. The molecule has 0 fully saturated rings. The summed E-state index contributed by atoms with van der Waals surface area (Å²) in [5, 5.41) is 13.3. The van der Waals surface area contributed by atoms with Gasteiger partial charge in [-0.25, -0.2) is 4.98 Å². The van der Waals surface area contributed by atoms with Crippen LogP contribution in [0.25, 0.3) is 0 Å². The van der Waals surface area contributed by atoms with Gasteiger partial charge in [0, 0.05) is 19.4 Å². The number of pyridine rings is 1. The van der Waals surface area contributed by atoms with E-state index in [0.717, 1.165) is 17.2 Å². The Morgan fingerprint density at radius 3 is 2.80 bits per heavy atom. The number of nitrogens with zero attached hydrogens (tertiary/aromatic N) is 1. The van der Waals surface area contributed by atoms with Crippen molar-refractivity contribution in [2.75, 3.05) is 24.7 Å². The van der Waals surface area contributed by atoms with Crippen LogP contribution in [-0.2, 0) is 0 Å². The summed E-state index contributed by atoms with van der Waals surface area (Å²) >= 11 is 13.4. The molecule has 0 aliphatic carbocycles. The lowest BCUT2D eigenvalue weighted by Gasteiger charge is -2.07. The summed E-state index contributed by atoms with van der Waals surface area (Å²) < 4.78 is 0. The van der Waals surface area contributed by atoms with Crippen molar-refractivity contribution in [1.29, 1.82) is 0 Å². The van der Waals surface area contributed by atoms with Gasteiger partial charge in [0.15, 0.2) is 0 Å². The molecule has 0 unspecified atom stereocenters. The Morgan fingerprint density at radius 2 is 2.20 bits per heavy atom. The van der Waals surface area contributed by atoms with Crippen molar-refractivity contribution in [2.24, 2.45) is 0 Å². The smallest absolute Gasteiger partial charge is 0.145 e. The Labute approximate surface area is 103 Å². The van der Waals surface area contributed by atoms with E-state index in [9.17, 15) is 0 Å². The molecule has 0 spiro atoms. The van der Waals surface area contributed by atoms with Crippen LogP contribution in [0, 0.1) is 0 Å². The fourth-order valence-electron chi connectivity index (χ4n) is 0.960. The normalized spacial score (nSPS) is 10.4. The van der Waals surface area contributed by atoms with E-state index in [-0.39, 0.29) is 6.61 Å². The molecule has 0 radical (unpaired) electrons. The van der Waals surface area contributed by atoms with Crippen LogP contribution in [0.15, 0.2) is 11.1 Å². The van der Waals surface area contributed by atoms with Crippen LogP contribution in [0.5, 0.6) is 0 Å². The van der Waals surface area contributed by atoms with Crippen molar-refractivity contribution in [3.63, 3.8) is 0 Å². The maximum absolute atomic E-state index is 8.66. The monoisotopic (exact) mass is 266 g/mol. The second kappa shape index (κ2) is 6.43. The Balaban J connectivity index is 2.78. The molecule has 0 saturated heterocycles. The molecular weight excluding hydrogens is 255 g/mol. The number of aliphatic hydroxyl groups is 1. The van der Waals surface area contributed by atoms with Gasteiger partial charge in [-0.1, -0.05) is 23.2 Å². The highest BCUT2D eigenvalue weighted by Gasteiger charge is 2.08. The number of aromatic nitrogens is 1. The zero-order valence-electron chi connectivity index (χ0n) is 8.26. The third-order valence-corrected chi connectivity index (χ3v) is 3.44. The molecule has 1 heterocycles. The first-order valence-electron chi connectivity index (χ1n) is 4.46. The standard InChI is InChI=1S/C9H12Cl2N2OS/c1-12-8-6(10)5-7(11)9(13-8)15-4-2-3-14/h5,14H,2-4H2,1H3,(H,12,13). The van der Waals surface area contributed by atoms with Gasteiger partial charge in [0.2, 0.25) is 0 Å². The minimum absolute atomic E-state index is 0.178. The molecule has 84 valence electrons. The summed E-state index contributed by atoms with van der Waals surface area (Å²) in [6.45, 7) is 0.178. The molecule has 1 aromatic heterocycles. The van der Waals surface area contributed by atoms with E-state index in [1.807, 2.05) is 0 Å². The van der Waals surface area contributed by atoms with Gasteiger partial charge < -0.3 is 10.4 Å². The molecule has 0 amide bonds. The molecule has 2 N–H and O–H groups in total. The number of thioether (sulfide) groups is 1. The van der Waals surface area contributed by atoms with E-state index in [1.54, 1.807) is 13.1 Å². The van der Waals surface area contributed by atoms with Crippen LogP contribution < -0.4 is 5.32 Å². The van der Waals surface area contributed by atoms with Crippen molar-refractivity contribution >= 4 is 40.8 Å². The SMILES string of the molecule is CNc1nc(SCCCO)c(Cl)cc1Cl. The molecule has 0 saturated carbocycles. The summed E-state index contributed by atoms with van der Waals surface area (Å²) in [6.07, 6.45) is 0.722. The molecule has 0 aliphatic rings. The Kier molecular flexibility index (Phi) is 5.53. The topological polar surface area (TPSA) is 45.2 Å². The number of hydrogen-bond donors (Lipinski definition) is 2. The van der Waals surface area contributed by atoms with Gasteiger partial charge in [-0.05, 0) is 12.5 Å². The summed E-state index contributed by atoms with van der Waals surface area (Å²) in [6, 6.07) is 1.67. The van der Waals surface area contributed by atoms with Gasteiger partial charge >= 0.3 is 0 Å². The average Bonchev–Trinajstić information content (AvgIpc) is 2.21. The van der Waals surface area contributed by atoms with Gasteiger partial charge in [-0.2, -0.15) is 0 Å². The van der Waals surface area contributed by atoms with Crippen LogP contribution in [-0.4, -0.2) is 29.5 Å². The van der Waals surface area contributed by atoms with E-state index >= 15 is 0 Å². The van der Waals surface area contributed by atoms with Gasteiger partial charge in [0.25, 0.3) is 0 Å². The van der Waals surface area contributed by atoms with Crippen LogP contribution in [0.3, 0.4) is 0 Å². The minimum atomic E-state index is 0.178. The Morgan fingerprint density at radius 1 is 1.47 bits per heavy atom. The van der Waals surface area contributed by atoms with Crippen LogP contribution in [0.2, 0.25) is 10.0 Å². The third kappa shape index (κ3) is 3.72. The highest BCUT2D eigenvalue weighted by Crippen LogP contribution is 2.31. The van der Waals surface area contributed by atoms with Gasteiger partial charge in [-0.3, -0.25) is 0 Å². The largest absolute Gasteiger partial charge is 0.396 e. The highest BCUT2D eigenvalue weighted by molar-refractivity contribution is 7.99. The lowest BCUT2D eigenvalue weighted by molar-refractivity contribution is 0.296. The van der Waals surface area contributed by atoms with Gasteiger partial charge in [-0.15, -0.1) is 11.8 Å². The molecule has 0 aliphatic heterocycles. The zero-order valence-corrected chi connectivity index (χ0v) is 10.6. The van der Waals surface area contributed by atoms with Gasteiger partial charge in [0.05, 0.1) is 10.0 Å². The quantitative estimate of drug-likeness (QED) is 0.636. The van der Waals surface area contributed by atoms with E-state index in [1.165, 1.54) is 11.8 Å². The Hall–Kier alpha value is -0.160. The molecular formula is C9H12Cl2N2OS.